The van der Waals surface area contributed by atoms with Crippen LogP contribution < -0.4 is 4.74 Å². The zero-order valence-corrected chi connectivity index (χ0v) is 8.89. The van der Waals surface area contributed by atoms with Crippen molar-refractivity contribution in [2.24, 2.45) is 0 Å². The van der Waals surface area contributed by atoms with E-state index in [0.29, 0.717) is 0 Å². The van der Waals surface area contributed by atoms with Gasteiger partial charge in [-0.1, -0.05) is 15.9 Å². The summed E-state index contributed by atoms with van der Waals surface area (Å²) < 4.78 is 41.7. The van der Waals surface area contributed by atoms with Crippen molar-refractivity contribution in [1.29, 1.82) is 0 Å². The van der Waals surface area contributed by atoms with Gasteiger partial charge in [0.1, 0.15) is 5.75 Å². The van der Waals surface area contributed by atoms with E-state index < -0.39 is 12.3 Å². The molecule has 1 nitrogen and oxygen atoms in total. The lowest BCUT2D eigenvalue weighted by molar-refractivity contribution is -0.189. The van der Waals surface area contributed by atoms with Gasteiger partial charge in [-0.25, -0.2) is 0 Å². The van der Waals surface area contributed by atoms with Crippen LogP contribution in [0.4, 0.5) is 13.2 Å². The third-order valence-corrected chi connectivity index (χ3v) is 2.12. The average Bonchev–Trinajstić information content (AvgIpc) is 2.07. The predicted octanol–water partition coefficient (Wildman–Crippen LogP) is 3.78. The number of rotatable bonds is 2. The first kappa shape index (κ1) is 11.4. The van der Waals surface area contributed by atoms with E-state index in [1.54, 1.807) is 12.1 Å². The molecule has 5 heteroatoms. The summed E-state index contributed by atoms with van der Waals surface area (Å²) in [5, 5.41) is 0. The molecular formula is C9H8BrF3O. The Balaban J connectivity index is 2.65. The summed E-state index contributed by atoms with van der Waals surface area (Å²) in [6.07, 6.45) is -6.11. The van der Waals surface area contributed by atoms with Gasteiger partial charge in [0.15, 0.2) is 6.10 Å². The van der Waals surface area contributed by atoms with Crippen molar-refractivity contribution in [3.63, 3.8) is 0 Å². The van der Waals surface area contributed by atoms with Crippen molar-refractivity contribution >= 4 is 15.9 Å². The first-order valence-corrected chi connectivity index (χ1v) is 4.68. The van der Waals surface area contributed by atoms with Crippen molar-refractivity contribution in [3.05, 3.63) is 28.7 Å². The van der Waals surface area contributed by atoms with Crippen molar-refractivity contribution in [1.82, 2.24) is 0 Å². The third-order valence-electron chi connectivity index (χ3n) is 1.59. The number of hydrogen-bond acceptors (Lipinski definition) is 1. The highest BCUT2D eigenvalue weighted by atomic mass is 79.9. The number of halogens is 4. The lowest BCUT2D eigenvalue weighted by Crippen LogP contribution is -2.31. The monoisotopic (exact) mass is 268 g/mol. The number of hydrogen-bond donors (Lipinski definition) is 0. The molecule has 0 aliphatic heterocycles. The second-order valence-corrected chi connectivity index (χ2v) is 3.67. The Labute approximate surface area is 88.0 Å². The van der Waals surface area contributed by atoms with Gasteiger partial charge in [-0.15, -0.1) is 0 Å². The minimum Gasteiger partial charge on any atom is -0.481 e. The lowest BCUT2D eigenvalue weighted by Gasteiger charge is -2.17. The van der Waals surface area contributed by atoms with Crippen LogP contribution in [-0.4, -0.2) is 12.3 Å². The number of alkyl halides is 3. The van der Waals surface area contributed by atoms with Gasteiger partial charge in [-0.05, 0) is 31.2 Å². The summed E-state index contributed by atoms with van der Waals surface area (Å²) in [6, 6.07) is 6.20. The molecule has 0 heterocycles. The Kier molecular flexibility index (Phi) is 3.42. The Hall–Kier alpha value is -0.710. The topological polar surface area (TPSA) is 9.23 Å². The van der Waals surface area contributed by atoms with E-state index in [-0.39, 0.29) is 5.75 Å². The molecule has 0 aromatic heterocycles. The number of ether oxygens (including phenoxy) is 1. The van der Waals surface area contributed by atoms with Crippen LogP contribution in [0.25, 0.3) is 0 Å². The van der Waals surface area contributed by atoms with Crippen LogP contribution >= 0.6 is 15.9 Å². The normalized spacial score (nSPS) is 13.8. The highest BCUT2D eigenvalue weighted by Gasteiger charge is 2.37. The fraction of sp³-hybridized carbons (Fsp3) is 0.333. The molecule has 78 valence electrons. The summed E-state index contributed by atoms with van der Waals surface area (Å²) in [7, 11) is 0. The Bertz CT molecular complexity index is 294. The van der Waals surface area contributed by atoms with Gasteiger partial charge >= 0.3 is 6.18 Å². The molecule has 0 aliphatic rings. The van der Waals surface area contributed by atoms with Crippen LogP contribution in [0.2, 0.25) is 0 Å². The molecule has 0 aliphatic carbocycles. The number of benzene rings is 1. The van der Waals surface area contributed by atoms with Gasteiger partial charge in [-0.3, -0.25) is 0 Å². The van der Waals surface area contributed by atoms with Crippen LogP contribution in [0.3, 0.4) is 0 Å². The second-order valence-electron chi connectivity index (χ2n) is 2.76. The van der Waals surface area contributed by atoms with Crippen molar-refractivity contribution in [3.8, 4) is 5.75 Å². The lowest BCUT2D eigenvalue weighted by atomic mass is 10.3. The standard InChI is InChI=1S/C9H8BrF3O/c1-6(9(11,12)13)14-8-4-2-7(10)3-5-8/h2-6H,1H3. The molecule has 0 amide bonds. The van der Waals surface area contributed by atoms with Gasteiger partial charge in [-0.2, -0.15) is 13.2 Å². The van der Waals surface area contributed by atoms with Gasteiger partial charge in [0.25, 0.3) is 0 Å². The molecule has 0 saturated heterocycles. The second kappa shape index (κ2) is 4.21. The molecule has 0 fully saturated rings. The maximum Gasteiger partial charge on any atom is 0.425 e. The minimum atomic E-state index is -4.33. The smallest absolute Gasteiger partial charge is 0.425 e. The Morgan fingerprint density at radius 1 is 1.21 bits per heavy atom. The SMILES string of the molecule is CC(Oc1ccc(Br)cc1)C(F)(F)F. The fourth-order valence-corrected chi connectivity index (χ4v) is 1.05. The van der Waals surface area contributed by atoms with Gasteiger partial charge in [0.05, 0.1) is 0 Å². The molecular weight excluding hydrogens is 261 g/mol. The van der Waals surface area contributed by atoms with Gasteiger partial charge < -0.3 is 4.74 Å². The minimum absolute atomic E-state index is 0.207. The van der Waals surface area contributed by atoms with E-state index in [0.717, 1.165) is 11.4 Å². The van der Waals surface area contributed by atoms with Crippen LogP contribution in [0.5, 0.6) is 5.75 Å². The van der Waals surface area contributed by atoms with E-state index in [2.05, 4.69) is 20.7 Å². The highest BCUT2D eigenvalue weighted by Crippen LogP contribution is 2.25. The molecule has 1 aromatic rings. The zero-order valence-electron chi connectivity index (χ0n) is 7.31. The van der Waals surface area contributed by atoms with E-state index in [1.807, 2.05) is 0 Å². The highest BCUT2D eigenvalue weighted by molar-refractivity contribution is 9.10. The van der Waals surface area contributed by atoms with E-state index in [9.17, 15) is 13.2 Å². The quantitative estimate of drug-likeness (QED) is 0.793. The molecule has 1 rings (SSSR count). The summed E-state index contributed by atoms with van der Waals surface area (Å²) in [4.78, 5) is 0. The molecule has 0 saturated carbocycles. The molecule has 1 atom stereocenters. The maximum atomic E-state index is 12.1. The van der Waals surface area contributed by atoms with Gasteiger partial charge in [0.2, 0.25) is 0 Å². The molecule has 14 heavy (non-hydrogen) atoms. The fourth-order valence-electron chi connectivity index (χ4n) is 0.784. The maximum absolute atomic E-state index is 12.1. The Morgan fingerprint density at radius 2 is 1.71 bits per heavy atom. The Morgan fingerprint density at radius 3 is 2.14 bits per heavy atom. The zero-order chi connectivity index (χ0) is 10.8. The molecule has 0 radical (unpaired) electrons. The third kappa shape index (κ3) is 3.21. The summed E-state index contributed by atoms with van der Waals surface area (Å²) in [6.45, 7) is 0.974. The van der Waals surface area contributed by atoms with Crippen molar-refractivity contribution in [2.75, 3.05) is 0 Å². The molecule has 1 unspecified atom stereocenters. The van der Waals surface area contributed by atoms with Crippen LogP contribution in [0.1, 0.15) is 6.92 Å². The van der Waals surface area contributed by atoms with Crippen molar-refractivity contribution < 1.29 is 17.9 Å². The van der Waals surface area contributed by atoms with Crippen molar-refractivity contribution in [2.45, 2.75) is 19.2 Å². The predicted molar refractivity (Wildman–Crippen MR) is 50.3 cm³/mol. The van der Waals surface area contributed by atoms with Crippen LogP contribution in [0.15, 0.2) is 28.7 Å². The molecule has 1 aromatic carbocycles. The average molecular weight is 269 g/mol. The summed E-state index contributed by atoms with van der Waals surface area (Å²) in [5.41, 5.74) is 0. The molecule has 0 spiro atoms. The van der Waals surface area contributed by atoms with E-state index in [4.69, 9.17) is 0 Å². The van der Waals surface area contributed by atoms with Crippen LogP contribution in [0, 0.1) is 0 Å². The molecule has 0 bridgehead atoms. The first-order chi connectivity index (χ1) is 6.39. The van der Waals surface area contributed by atoms with Crippen LogP contribution in [-0.2, 0) is 0 Å². The van der Waals surface area contributed by atoms with Gasteiger partial charge in [0, 0.05) is 4.47 Å². The summed E-state index contributed by atoms with van der Waals surface area (Å²) >= 11 is 3.17. The first-order valence-electron chi connectivity index (χ1n) is 3.88. The summed E-state index contributed by atoms with van der Waals surface area (Å²) in [5.74, 6) is 0.207. The van der Waals surface area contributed by atoms with E-state index >= 15 is 0 Å². The largest absolute Gasteiger partial charge is 0.481 e. The van der Waals surface area contributed by atoms with E-state index in [1.165, 1.54) is 12.1 Å². The molecule has 0 N–H and O–H groups in total.